The number of benzene rings is 1. The first kappa shape index (κ1) is 17.3. The highest BCUT2D eigenvalue weighted by Gasteiger charge is 2.35. The van der Waals surface area contributed by atoms with Crippen LogP contribution in [0.5, 0.6) is 0 Å². The first-order valence-corrected chi connectivity index (χ1v) is 8.17. The molecule has 122 valence electrons. The molecule has 0 bridgehead atoms. The Kier molecular flexibility index (Phi) is 5.51. The molecule has 2 unspecified atom stereocenters. The molecule has 0 radical (unpaired) electrons. The lowest BCUT2D eigenvalue weighted by molar-refractivity contribution is -0.131. The largest absolute Gasteiger partial charge is 0.342 e. The standard InChI is InChI=1S/C18H26N2O.ClH/c1-18(12-19)9-10-20(13-18)17(21)11-15-7-4-6-14-5-2-3-8-16(14)15;/h2-3,5,8,15H,4,6-7,9-13,19H2,1H3;1H. The van der Waals surface area contributed by atoms with Crippen LogP contribution in [-0.4, -0.2) is 30.4 Å². The molecule has 2 atom stereocenters. The quantitative estimate of drug-likeness (QED) is 0.929. The van der Waals surface area contributed by atoms with Crippen molar-refractivity contribution < 1.29 is 4.79 Å². The Hall–Kier alpha value is -1.06. The molecule has 1 aromatic rings. The third kappa shape index (κ3) is 3.47. The van der Waals surface area contributed by atoms with Gasteiger partial charge in [0.2, 0.25) is 5.91 Å². The molecule has 2 aliphatic rings. The van der Waals surface area contributed by atoms with E-state index in [2.05, 4.69) is 31.2 Å². The molecule has 0 saturated carbocycles. The minimum atomic E-state index is 0. The summed E-state index contributed by atoms with van der Waals surface area (Å²) >= 11 is 0. The number of amides is 1. The highest BCUT2D eigenvalue weighted by Crippen LogP contribution is 2.35. The molecule has 1 aliphatic carbocycles. The van der Waals surface area contributed by atoms with E-state index < -0.39 is 0 Å². The van der Waals surface area contributed by atoms with Crippen LogP contribution in [0.4, 0.5) is 0 Å². The maximum Gasteiger partial charge on any atom is 0.223 e. The second-order valence-electron chi connectivity index (χ2n) is 7.07. The summed E-state index contributed by atoms with van der Waals surface area (Å²) in [7, 11) is 0. The molecule has 1 saturated heterocycles. The van der Waals surface area contributed by atoms with Gasteiger partial charge in [-0.05, 0) is 54.7 Å². The van der Waals surface area contributed by atoms with Crippen molar-refractivity contribution in [3.8, 4) is 0 Å². The fraction of sp³-hybridized carbons (Fsp3) is 0.611. The van der Waals surface area contributed by atoms with Crippen LogP contribution in [0.2, 0.25) is 0 Å². The lowest BCUT2D eigenvalue weighted by Gasteiger charge is -2.28. The van der Waals surface area contributed by atoms with Crippen LogP contribution in [0, 0.1) is 5.41 Å². The fourth-order valence-corrected chi connectivity index (χ4v) is 3.81. The van der Waals surface area contributed by atoms with E-state index in [0.29, 0.717) is 24.8 Å². The molecule has 1 aliphatic heterocycles. The zero-order chi connectivity index (χ0) is 14.9. The molecule has 2 N–H and O–H groups in total. The van der Waals surface area contributed by atoms with Crippen molar-refractivity contribution in [3.05, 3.63) is 35.4 Å². The summed E-state index contributed by atoms with van der Waals surface area (Å²) in [5.74, 6) is 0.723. The normalized spacial score (nSPS) is 27.2. The smallest absolute Gasteiger partial charge is 0.223 e. The molecular formula is C18H27ClN2O. The maximum absolute atomic E-state index is 12.6. The first-order valence-electron chi connectivity index (χ1n) is 8.17. The van der Waals surface area contributed by atoms with E-state index in [0.717, 1.165) is 32.4 Å². The van der Waals surface area contributed by atoms with Crippen LogP contribution >= 0.6 is 12.4 Å². The van der Waals surface area contributed by atoms with Gasteiger partial charge in [-0.1, -0.05) is 31.2 Å². The van der Waals surface area contributed by atoms with E-state index in [9.17, 15) is 4.79 Å². The van der Waals surface area contributed by atoms with Gasteiger partial charge < -0.3 is 10.6 Å². The number of hydrogen-bond donors (Lipinski definition) is 1. The van der Waals surface area contributed by atoms with Gasteiger partial charge >= 0.3 is 0 Å². The number of likely N-dealkylation sites (tertiary alicyclic amines) is 1. The van der Waals surface area contributed by atoms with Crippen LogP contribution in [-0.2, 0) is 11.2 Å². The van der Waals surface area contributed by atoms with Gasteiger partial charge in [-0.2, -0.15) is 0 Å². The Labute approximate surface area is 139 Å². The van der Waals surface area contributed by atoms with Gasteiger partial charge in [-0.25, -0.2) is 0 Å². The lowest BCUT2D eigenvalue weighted by atomic mass is 9.81. The van der Waals surface area contributed by atoms with Crippen LogP contribution in [0.1, 0.15) is 49.7 Å². The molecule has 22 heavy (non-hydrogen) atoms. The van der Waals surface area contributed by atoms with Crippen LogP contribution in [0.25, 0.3) is 0 Å². The lowest BCUT2D eigenvalue weighted by Crippen LogP contribution is -2.35. The third-order valence-electron chi connectivity index (χ3n) is 5.32. The molecular weight excluding hydrogens is 296 g/mol. The fourth-order valence-electron chi connectivity index (χ4n) is 3.81. The van der Waals surface area contributed by atoms with E-state index in [4.69, 9.17) is 5.73 Å². The first-order chi connectivity index (χ1) is 10.1. The molecule has 3 nitrogen and oxygen atoms in total. The van der Waals surface area contributed by atoms with Crippen molar-refractivity contribution in [1.82, 2.24) is 4.90 Å². The molecule has 1 fully saturated rings. The predicted molar refractivity (Wildman–Crippen MR) is 92.3 cm³/mol. The topological polar surface area (TPSA) is 46.3 Å². The van der Waals surface area contributed by atoms with Gasteiger partial charge in [0.15, 0.2) is 0 Å². The molecule has 3 rings (SSSR count). The second kappa shape index (κ2) is 7.01. The average molecular weight is 323 g/mol. The van der Waals surface area contributed by atoms with Crippen LogP contribution in [0.15, 0.2) is 24.3 Å². The van der Waals surface area contributed by atoms with Gasteiger partial charge in [-0.15, -0.1) is 12.4 Å². The summed E-state index contributed by atoms with van der Waals surface area (Å²) in [6.07, 6.45) is 5.21. The van der Waals surface area contributed by atoms with Gasteiger partial charge in [0.1, 0.15) is 0 Å². The van der Waals surface area contributed by atoms with Crippen LogP contribution in [0.3, 0.4) is 0 Å². The van der Waals surface area contributed by atoms with Crippen molar-refractivity contribution in [1.29, 1.82) is 0 Å². The number of halogens is 1. The Bertz CT molecular complexity index is 534. The van der Waals surface area contributed by atoms with E-state index in [1.165, 1.54) is 17.5 Å². The number of carbonyl (C=O) groups is 1. The minimum absolute atomic E-state index is 0. The van der Waals surface area contributed by atoms with Crippen molar-refractivity contribution >= 4 is 18.3 Å². The summed E-state index contributed by atoms with van der Waals surface area (Å²) < 4.78 is 0. The van der Waals surface area contributed by atoms with E-state index in [1.54, 1.807) is 0 Å². The number of nitrogens with zero attached hydrogens (tertiary/aromatic N) is 1. The second-order valence-corrected chi connectivity index (χ2v) is 7.07. The van der Waals surface area contributed by atoms with Gasteiger partial charge in [0, 0.05) is 19.5 Å². The van der Waals surface area contributed by atoms with Crippen molar-refractivity contribution in [2.45, 2.75) is 44.9 Å². The Morgan fingerprint density at radius 3 is 2.91 bits per heavy atom. The highest BCUT2D eigenvalue weighted by atomic mass is 35.5. The van der Waals surface area contributed by atoms with Gasteiger partial charge in [0.05, 0.1) is 0 Å². The average Bonchev–Trinajstić information content (AvgIpc) is 2.91. The Morgan fingerprint density at radius 1 is 1.41 bits per heavy atom. The van der Waals surface area contributed by atoms with Crippen molar-refractivity contribution in [3.63, 3.8) is 0 Å². The summed E-state index contributed by atoms with van der Waals surface area (Å²) in [6.45, 7) is 4.57. The van der Waals surface area contributed by atoms with Gasteiger partial charge in [0.25, 0.3) is 0 Å². The van der Waals surface area contributed by atoms with E-state index in [1.807, 2.05) is 4.90 Å². The van der Waals surface area contributed by atoms with E-state index >= 15 is 0 Å². The Morgan fingerprint density at radius 2 is 2.18 bits per heavy atom. The molecule has 0 spiro atoms. The Balaban J connectivity index is 0.00000176. The number of aryl methyl sites for hydroxylation is 1. The molecule has 1 heterocycles. The molecule has 1 amide bonds. The number of carbonyl (C=O) groups excluding carboxylic acids is 1. The predicted octanol–water partition coefficient (Wildman–Crippen LogP) is 3.12. The number of nitrogens with two attached hydrogens (primary N) is 1. The van der Waals surface area contributed by atoms with Crippen molar-refractivity contribution in [2.75, 3.05) is 19.6 Å². The summed E-state index contributed by atoms with van der Waals surface area (Å²) in [4.78, 5) is 14.6. The monoisotopic (exact) mass is 322 g/mol. The minimum Gasteiger partial charge on any atom is -0.342 e. The van der Waals surface area contributed by atoms with E-state index in [-0.39, 0.29) is 17.8 Å². The number of hydrogen-bond acceptors (Lipinski definition) is 2. The van der Waals surface area contributed by atoms with Crippen LogP contribution < -0.4 is 5.73 Å². The zero-order valence-corrected chi connectivity index (χ0v) is 14.2. The SMILES string of the molecule is CC1(CN)CCN(C(=O)CC2CCCc3ccccc32)C1.Cl. The summed E-state index contributed by atoms with van der Waals surface area (Å²) in [5.41, 5.74) is 8.81. The maximum atomic E-state index is 12.6. The third-order valence-corrected chi connectivity index (χ3v) is 5.32. The van der Waals surface area contributed by atoms with Crippen molar-refractivity contribution in [2.24, 2.45) is 11.1 Å². The summed E-state index contributed by atoms with van der Waals surface area (Å²) in [5, 5.41) is 0. The number of rotatable bonds is 3. The molecule has 4 heteroatoms. The molecule has 1 aromatic carbocycles. The highest BCUT2D eigenvalue weighted by molar-refractivity contribution is 5.85. The summed E-state index contributed by atoms with van der Waals surface area (Å²) in [6, 6.07) is 8.63. The number of fused-ring (bicyclic) bond motifs is 1. The van der Waals surface area contributed by atoms with Gasteiger partial charge in [-0.3, -0.25) is 4.79 Å². The zero-order valence-electron chi connectivity index (χ0n) is 13.4. The molecule has 0 aromatic heterocycles.